The molecule has 0 bridgehead atoms. The largest absolute Gasteiger partial charge is 0.342 e. The number of piperidine rings is 1. The number of aryl methyl sites for hydroxylation is 1. The fraction of sp³-hybridized carbons (Fsp3) is 0.571. The van der Waals surface area contributed by atoms with Gasteiger partial charge in [0.25, 0.3) is 0 Å². The van der Waals surface area contributed by atoms with Crippen LogP contribution in [0.4, 0.5) is 0 Å². The van der Waals surface area contributed by atoms with Crippen LogP contribution in [0.1, 0.15) is 49.3 Å². The second-order valence-corrected chi connectivity index (χ2v) is 7.80. The van der Waals surface area contributed by atoms with Gasteiger partial charge in [-0.3, -0.25) is 9.69 Å². The van der Waals surface area contributed by atoms with Crippen molar-refractivity contribution in [3.8, 4) is 0 Å². The second kappa shape index (κ2) is 8.21. The SMILES string of the molecule is CC(=O)N1CCCC(c2nnc3n2CCN(CCCc2ccccc2)C3)C1. The summed E-state index contributed by atoms with van der Waals surface area (Å²) in [7, 11) is 0. The van der Waals surface area contributed by atoms with E-state index in [1.165, 1.54) is 12.0 Å². The van der Waals surface area contributed by atoms with Gasteiger partial charge in [-0.25, -0.2) is 0 Å². The lowest BCUT2D eigenvalue weighted by atomic mass is 9.97. The summed E-state index contributed by atoms with van der Waals surface area (Å²) in [4.78, 5) is 16.2. The average molecular weight is 367 g/mol. The summed E-state index contributed by atoms with van der Waals surface area (Å²) >= 11 is 0. The number of carbonyl (C=O) groups excluding carboxylic acids is 1. The summed E-state index contributed by atoms with van der Waals surface area (Å²) in [6.45, 7) is 7.31. The van der Waals surface area contributed by atoms with Gasteiger partial charge < -0.3 is 9.47 Å². The van der Waals surface area contributed by atoms with Crippen molar-refractivity contribution in [1.29, 1.82) is 0 Å². The Kier molecular flexibility index (Phi) is 5.53. The standard InChI is InChI=1S/C21H29N5O/c1-17(27)25-12-6-10-19(15-25)21-23-22-20-16-24(13-14-26(20)21)11-5-9-18-7-3-2-4-8-18/h2-4,7-8,19H,5-6,9-16H2,1H3. The second-order valence-electron chi connectivity index (χ2n) is 7.80. The highest BCUT2D eigenvalue weighted by Gasteiger charge is 2.29. The summed E-state index contributed by atoms with van der Waals surface area (Å²) in [5.74, 6) is 2.66. The smallest absolute Gasteiger partial charge is 0.219 e. The van der Waals surface area contributed by atoms with E-state index in [4.69, 9.17) is 0 Å². The van der Waals surface area contributed by atoms with Gasteiger partial charge in [-0.15, -0.1) is 10.2 Å². The molecule has 1 saturated heterocycles. The quantitative estimate of drug-likeness (QED) is 0.815. The van der Waals surface area contributed by atoms with Crippen molar-refractivity contribution in [2.45, 2.75) is 51.6 Å². The van der Waals surface area contributed by atoms with Crippen molar-refractivity contribution in [3.63, 3.8) is 0 Å². The summed E-state index contributed by atoms with van der Waals surface area (Å²) in [6, 6.07) is 10.7. The van der Waals surface area contributed by atoms with Crippen LogP contribution in [0.15, 0.2) is 30.3 Å². The Morgan fingerprint density at radius 1 is 1.15 bits per heavy atom. The van der Waals surface area contributed by atoms with E-state index in [-0.39, 0.29) is 5.91 Å². The lowest BCUT2D eigenvalue weighted by Gasteiger charge is -2.33. The first kappa shape index (κ1) is 18.2. The van der Waals surface area contributed by atoms with Crippen LogP contribution in [0.5, 0.6) is 0 Å². The number of benzene rings is 1. The lowest BCUT2D eigenvalue weighted by molar-refractivity contribution is -0.130. The van der Waals surface area contributed by atoms with Crippen molar-refractivity contribution >= 4 is 5.91 Å². The normalized spacial score (nSPS) is 20.5. The van der Waals surface area contributed by atoms with Gasteiger partial charge in [-0.1, -0.05) is 30.3 Å². The first-order valence-electron chi connectivity index (χ1n) is 10.1. The number of aromatic nitrogens is 3. The lowest BCUT2D eigenvalue weighted by Crippen LogP contribution is -2.39. The third-order valence-electron chi connectivity index (χ3n) is 5.88. The van der Waals surface area contributed by atoms with Gasteiger partial charge in [0.15, 0.2) is 0 Å². The Labute approximate surface area is 161 Å². The summed E-state index contributed by atoms with van der Waals surface area (Å²) in [5.41, 5.74) is 1.41. The van der Waals surface area contributed by atoms with Crippen molar-refractivity contribution in [3.05, 3.63) is 47.5 Å². The number of rotatable bonds is 5. The van der Waals surface area contributed by atoms with Gasteiger partial charge in [-0.05, 0) is 37.8 Å². The molecule has 6 heteroatoms. The van der Waals surface area contributed by atoms with Crippen LogP contribution in [-0.2, 0) is 24.3 Å². The van der Waals surface area contributed by atoms with Crippen LogP contribution in [0.25, 0.3) is 0 Å². The molecular weight excluding hydrogens is 338 g/mol. The first-order chi connectivity index (χ1) is 13.2. The van der Waals surface area contributed by atoms with Crippen LogP contribution < -0.4 is 0 Å². The van der Waals surface area contributed by atoms with Crippen molar-refractivity contribution < 1.29 is 4.79 Å². The molecule has 1 fully saturated rings. The van der Waals surface area contributed by atoms with Crippen LogP contribution in [-0.4, -0.2) is 56.7 Å². The minimum atomic E-state index is 0.169. The Bertz CT molecular complexity index is 772. The van der Waals surface area contributed by atoms with E-state index in [1.807, 2.05) is 4.90 Å². The molecule has 2 aliphatic heterocycles. The zero-order valence-electron chi connectivity index (χ0n) is 16.2. The first-order valence-corrected chi connectivity index (χ1v) is 10.1. The zero-order valence-corrected chi connectivity index (χ0v) is 16.2. The Hall–Kier alpha value is -2.21. The Morgan fingerprint density at radius 2 is 2.00 bits per heavy atom. The van der Waals surface area contributed by atoms with Gasteiger partial charge >= 0.3 is 0 Å². The molecule has 1 aromatic carbocycles. The minimum absolute atomic E-state index is 0.169. The maximum absolute atomic E-state index is 11.7. The molecule has 1 atom stereocenters. The van der Waals surface area contributed by atoms with Gasteiger partial charge in [0.05, 0.1) is 6.54 Å². The van der Waals surface area contributed by atoms with Crippen LogP contribution >= 0.6 is 0 Å². The van der Waals surface area contributed by atoms with E-state index in [1.54, 1.807) is 6.92 Å². The van der Waals surface area contributed by atoms with E-state index in [0.29, 0.717) is 5.92 Å². The Balaban J connectivity index is 1.34. The average Bonchev–Trinajstić information content (AvgIpc) is 3.12. The number of carbonyl (C=O) groups is 1. The zero-order chi connectivity index (χ0) is 18.6. The molecule has 6 nitrogen and oxygen atoms in total. The molecule has 1 unspecified atom stereocenters. The molecule has 2 aliphatic rings. The van der Waals surface area contributed by atoms with Crippen LogP contribution in [0, 0.1) is 0 Å². The molecule has 0 spiro atoms. The molecule has 4 rings (SSSR count). The van der Waals surface area contributed by atoms with E-state index in [0.717, 1.165) is 70.2 Å². The molecule has 1 aromatic heterocycles. The molecule has 0 aliphatic carbocycles. The molecular formula is C21H29N5O. The van der Waals surface area contributed by atoms with Crippen LogP contribution in [0.3, 0.4) is 0 Å². The monoisotopic (exact) mass is 367 g/mol. The third-order valence-corrected chi connectivity index (χ3v) is 5.88. The minimum Gasteiger partial charge on any atom is -0.342 e. The fourth-order valence-electron chi connectivity index (χ4n) is 4.35. The topological polar surface area (TPSA) is 54.3 Å². The molecule has 3 heterocycles. The summed E-state index contributed by atoms with van der Waals surface area (Å²) in [5, 5.41) is 9.01. The molecule has 1 amide bonds. The van der Waals surface area contributed by atoms with Gasteiger partial charge in [0.1, 0.15) is 11.6 Å². The van der Waals surface area contributed by atoms with Crippen molar-refractivity contribution in [1.82, 2.24) is 24.6 Å². The van der Waals surface area contributed by atoms with Crippen molar-refractivity contribution in [2.24, 2.45) is 0 Å². The number of hydrogen-bond acceptors (Lipinski definition) is 4. The van der Waals surface area contributed by atoms with Gasteiger partial charge in [-0.2, -0.15) is 0 Å². The highest BCUT2D eigenvalue weighted by atomic mass is 16.2. The number of nitrogens with zero attached hydrogens (tertiary/aromatic N) is 5. The summed E-state index contributed by atoms with van der Waals surface area (Å²) in [6.07, 6.45) is 4.44. The van der Waals surface area contributed by atoms with Gasteiger partial charge in [0.2, 0.25) is 5.91 Å². The molecule has 0 radical (unpaired) electrons. The fourth-order valence-corrected chi connectivity index (χ4v) is 4.35. The molecule has 0 saturated carbocycles. The predicted octanol–water partition coefficient (Wildman–Crippen LogP) is 2.45. The highest BCUT2D eigenvalue weighted by molar-refractivity contribution is 5.73. The number of likely N-dealkylation sites (tertiary alicyclic amines) is 1. The number of hydrogen-bond donors (Lipinski definition) is 0. The predicted molar refractivity (Wildman–Crippen MR) is 104 cm³/mol. The maximum Gasteiger partial charge on any atom is 0.219 e. The number of amides is 1. The number of fused-ring (bicyclic) bond motifs is 1. The summed E-state index contributed by atoms with van der Waals surface area (Å²) < 4.78 is 2.31. The highest BCUT2D eigenvalue weighted by Crippen LogP contribution is 2.27. The van der Waals surface area contributed by atoms with E-state index >= 15 is 0 Å². The molecule has 2 aromatic rings. The Morgan fingerprint density at radius 3 is 2.81 bits per heavy atom. The third kappa shape index (κ3) is 4.21. The molecule has 0 N–H and O–H groups in total. The maximum atomic E-state index is 11.7. The molecule has 27 heavy (non-hydrogen) atoms. The van der Waals surface area contributed by atoms with Gasteiger partial charge in [0, 0.05) is 39.0 Å². The molecule has 144 valence electrons. The van der Waals surface area contributed by atoms with E-state index in [2.05, 4.69) is 50.0 Å². The van der Waals surface area contributed by atoms with E-state index in [9.17, 15) is 4.79 Å². The van der Waals surface area contributed by atoms with Crippen molar-refractivity contribution in [2.75, 3.05) is 26.2 Å². The van der Waals surface area contributed by atoms with E-state index < -0.39 is 0 Å². The van der Waals surface area contributed by atoms with Crippen LogP contribution in [0.2, 0.25) is 0 Å².